The van der Waals surface area contributed by atoms with Crippen molar-refractivity contribution in [2.75, 3.05) is 11.9 Å². The Balaban J connectivity index is 1.91. The van der Waals surface area contributed by atoms with E-state index in [9.17, 15) is 13.2 Å². The number of halogens is 3. The molecule has 0 aliphatic carbocycles. The summed E-state index contributed by atoms with van der Waals surface area (Å²) in [4.78, 5) is 6.08. The van der Waals surface area contributed by atoms with Crippen molar-refractivity contribution in [3.8, 4) is 5.75 Å². The molecule has 3 rings (SSSR count). The number of rotatable bonds is 4. The van der Waals surface area contributed by atoms with Crippen LogP contribution in [0.5, 0.6) is 5.75 Å². The van der Waals surface area contributed by atoms with Gasteiger partial charge in [-0.25, -0.2) is 9.50 Å². The quantitative estimate of drug-likeness (QED) is 0.730. The van der Waals surface area contributed by atoms with E-state index in [-0.39, 0.29) is 12.3 Å². The molecule has 0 atom stereocenters. The van der Waals surface area contributed by atoms with Gasteiger partial charge in [-0.15, -0.1) is 13.2 Å². The second-order valence-corrected chi connectivity index (χ2v) is 5.38. The van der Waals surface area contributed by atoms with E-state index in [2.05, 4.69) is 14.8 Å². The minimum Gasteiger partial charge on any atom is -0.405 e. The fourth-order valence-corrected chi connectivity index (χ4v) is 2.51. The lowest BCUT2D eigenvalue weighted by atomic mass is 10.2. The van der Waals surface area contributed by atoms with Gasteiger partial charge in [0.15, 0.2) is 5.82 Å². The molecule has 0 aliphatic rings. The van der Waals surface area contributed by atoms with E-state index in [0.29, 0.717) is 11.4 Å². The summed E-state index contributed by atoms with van der Waals surface area (Å²) in [5.41, 5.74) is 2.03. The molecule has 0 N–H and O–H groups in total. The zero-order chi connectivity index (χ0) is 17.3. The molecule has 0 unspecified atom stereocenters. The number of hydrogen-bond donors (Lipinski definition) is 0. The van der Waals surface area contributed by atoms with Crippen LogP contribution >= 0.6 is 0 Å². The molecule has 0 aliphatic heterocycles. The molecule has 0 radical (unpaired) electrons. The molecule has 24 heavy (non-hydrogen) atoms. The highest BCUT2D eigenvalue weighted by molar-refractivity contribution is 5.68. The Morgan fingerprint density at radius 3 is 2.75 bits per heavy atom. The van der Waals surface area contributed by atoms with Gasteiger partial charge in [-0.3, -0.25) is 0 Å². The highest BCUT2D eigenvalue weighted by Gasteiger charge is 2.32. The predicted molar refractivity (Wildman–Crippen MR) is 83.0 cm³/mol. The second kappa shape index (κ2) is 6.03. The third-order valence-corrected chi connectivity index (χ3v) is 3.46. The first-order chi connectivity index (χ1) is 11.3. The Kier molecular flexibility index (Phi) is 4.04. The number of fused-ring (bicyclic) bond motifs is 1. The molecule has 3 aromatic rings. The molecular weight excluding hydrogens is 321 g/mol. The summed E-state index contributed by atoms with van der Waals surface area (Å²) in [6.45, 7) is 2.08. The van der Waals surface area contributed by atoms with Crippen molar-refractivity contribution in [3.63, 3.8) is 0 Å². The highest BCUT2D eigenvalue weighted by Crippen LogP contribution is 2.28. The first-order valence-corrected chi connectivity index (χ1v) is 7.19. The number of nitrogens with zero attached hydrogens (tertiary/aromatic N) is 4. The Hall–Kier alpha value is -2.77. The summed E-state index contributed by atoms with van der Waals surface area (Å²) in [5, 5.41) is 4.31. The summed E-state index contributed by atoms with van der Waals surface area (Å²) in [7, 11) is 1.76. The molecule has 0 bridgehead atoms. The fourth-order valence-electron chi connectivity index (χ4n) is 2.51. The van der Waals surface area contributed by atoms with E-state index in [4.69, 9.17) is 0 Å². The largest absolute Gasteiger partial charge is 0.573 e. The van der Waals surface area contributed by atoms with Crippen LogP contribution in [0.1, 0.15) is 11.3 Å². The van der Waals surface area contributed by atoms with E-state index in [0.717, 1.165) is 11.2 Å². The van der Waals surface area contributed by atoms with Crippen LogP contribution in [0, 0.1) is 6.92 Å². The predicted octanol–water partition coefficient (Wildman–Crippen LogP) is 3.57. The topological polar surface area (TPSA) is 42.7 Å². The van der Waals surface area contributed by atoms with Gasteiger partial charge >= 0.3 is 6.36 Å². The average Bonchev–Trinajstić information content (AvgIpc) is 2.87. The minimum atomic E-state index is -4.73. The van der Waals surface area contributed by atoms with E-state index in [1.165, 1.54) is 12.1 Å². The molecule has 0 spiro atoms. The third kappa shape index (κ3) is 3.42. The van der Waals surface area contributed by atoms with E-state index in [1.54, 1.807) is 41.0 Å². The van der Waals surface area contributed by atoms with Crippen molar-refractivity contribution in [3.05, 3.63) is 54.0 Å². The molecule has 8 heteroatoms. The van der Waals surface area contributed by atoms with Crippen molar-refractivity contribution >= 4 is 11.3 Å². The van der Waals surface area contributed by atoms with Crippen molar-refractivity contribution in [2.24, 2.45) is 0 Å². The SMILES string of the molecule is Cc1cc2c(N(C)Cc3ccccc3OC(F)(F)F)nccn2n1. The van der Waals surface area contributed by atoms with Crippen LogP contribution < -0.4 is 9.64 Å². The molecule has 0 fully saturated rings. The molecular formula is C16H15F3N4O. The maximum absolute atomic E-state index is 12.5. The van der Waals surface area contributed by atoms with E-state index < -0.39 is 6.36 Å². The first-order valence-electron chi connectivity index (χ1n) is 7.19. The van der Waals surface area contributed by atoms with Crippen LogP contribution in [0.25, 0.3) is 5.52 Å². The average molecular weight is 336 g/mol. The summed E-state index contributed by atoms with van der Waals surface area (Å²) in [6.07, 6.45) is -1.40. The Bertz CT molecular complexity index is 860. The van der Waals surface area contributed by atoms with Gasteiger partial charge in [0.2, 0.25) is 0 Å². The molecule has 126 valence electrons. The van der Waals surface area contributed by atoms with Gasteiger partial charge in [0.05, 0.1) is 5.69 Å². The number of aromatic nitrogens is 3. The Morgan fingerprint density at radius 1 is 1.25 bits per heavy atom. The molecule has 0 saturated carbocycles. The third-order valence-electron chi connectivity index (χ3n) is 3.46. The monoisotopic (exact) mass is 336 g/mol. The standard InChI is InChI=1S/C16H15F3N4O/c1-11-9-13-15(20-7-8-23(13)21-11)22(2)10-12-5-3-4-6-14(12)24-16(17,18)19/h3-9H,10H2,1-2H3. The van der Waals surface area contributed by atoms with Gasteiger partial charge in [-0.2, -0.15) is 5.10 Å². The highest BCUT2D eigenvalue weighted by atomic mass is 19.4. The van der Waals surface area contributed by atoms with Crippen LogP contribution in [-0.2, 0) is 6.54 Å². The van der Waals surface area contributed by atoms with Crippen molar-refractivity contribution in [1.82, 2.24) is 14.6 Å². The van der Waals surface area contributed by atoms with Gasteiger partial charge < -0.3 is 9.64 Å². The Morgan fingerprint density at radius 2 is 2.00 bits per heavy atom. The molecule has 2 aromatic heterocycles. The molecule has 0 amide bonds. The van der Waals surface area contributed by atoms with Crippen molar-refractivity contribution < 1.29 is 17.9 Å². The number of alkyl halides is 3. The first kappa shape index (κ1) is 16.1. The molecule has 5 nitrogen and oxygen atoms in total. The lowest BCUT2D eigenvalue weighted by Gasteiger charge is -2.21. The Labute approximate surface area is 136 Å². The number of ether oxygens (including phenoxy) is 1. The van der Waals surface area contributed by atoms with Gasteiger partial charge in [-0.1, -0.05) is 18.2 Å². The maximum Gasteiger partial charge on any atom is 0.573 e. The molecule has 0 saturated heterocycles. The van der Waals surface area contributed by atoms with Crippen LogP contribution in [0.3, 0.4) is 0 Å². The van der Waals surface area contributed by atoms with Crippen LogP contribution in [-0.4, -0.2) is 28.0 Å². The normalized spacial score (nSPS) is 11.7. The summed E-state index contributed by atoms with van der Waals surface area (Å²) < 4.78 is 43.4. The second-order valence-electron chi connectivity index (χ2n) is 5.38. The lowest BCUT2D eigenvalue weighted by molar-refractivity contribution is -0.274. The number of para-hydroxylation sites is 1. The number of aryl methyl sites for hydroxylation is 1. The van der Waals surface area contributed by atoms with Crippen LogP contribution in [0.4, 0.5) is 19.0 Å². The van der Waals surface area contributed by atoms with E-state index >= 15 is 0 Å². The van der Waals surface area contributed by atoms with Crippen LogP contribution in [0.15, 0.2) is 42.7 Å². The maximum atomic E-state index is 12.5. The molecule has 2 heterocycles. The van der Waals surface area contributed by atoms with Gasteiger partial charge in [-0.05, 0) is 19.1 Å². The van der Waals surface area contributed by atoms with Crippen molar-refractivity contribution in [1.29, 1.82) is 0 Å². The smallest absolute Gasteiger partial charge is 0.405 e. The zero-order valence-corrected chi connectivity index (χ0v) is 13.1. The van der Waals surface area contributed by atoms with Crippen LogP contribution in [0.2, 0.25) is 0 Å². The fraction of sp³-hybridized carbons (Fsp3) is 0.250. The minimum absolute atomic E-state index is 0.211. The number of hydrogen-bond acceptors (Lipinski definition) is 4. The van der Waals surface area contributed by atoms with Gasteiger partial charge in [0.1, 0.15) is 11.3 Å². The van der Waals surface area contributed by atoms with E-state index in [1.807, 2.05) is 13.0 Å². The van der Waals surface area contributed by atoms with Crippen molar-refractivity contribution in [2.45, 2.75) is 19.8 Å². The zero-order valence-electron chi connectivity index (χ0n) is 13.1. The van der Waals surface area contributed by atoms with Gasteiger partial charge in [0, 0.05) is 31.5 Å². The summed E-state index contributed by atoms with van der Waals surface area (Å²) in [6, 6.07) is 7.94. The number of benzene rings is 1. The summed E-state index contributed by atoms with van der Waals surface area (Å²) in [5.74, 6) is 0.411. The molecule has 1 aromatic carbocycles. The summed E-state index contributed by atoms with van der Waals surface area (Å²) >= 11 is 0. The van der Waals surface area contributed by atoms with Gasteiger partial charge in [0.25, 0.3) is 0 Å². The lowest BCUT2D eigenvalue weighted by Crippen LogP contribution is -2.22. The number of anilines is 1.